The first-order valence-electron chi connectivity index (χ1n) is 5.03. The lowest BCUT2D eigenvalue weighted by molar-refractivity contribution is -0.217. The van der Waals surface area contributed by atoms with Gasteiger partial charge in [-0.1, -0.05) is 0 Å². The Kier molecular flexibility index (Phi) is 2.92. The maximum absolute atomic E-state index is 12.9. The Bertz CT molecular complexity index is 484. The van der Waals surface area contributed by atoms with Gasteiger partial charge >= 0.3 is 12.1 Å². The van der Waals surface area contributed by atoms with Crippen LogP contribution in [0.2, 0.25) is 0 Å². The lowest BCUT2D eigenvalue weighted by Gasteiger charge is -2.32. The average molecular weight is 264 g/mol. The first-order valence-corrected chi connectivity index (χ1v) is 5.03. The van der Waals surface area contributed by atoms with E-state index in [0.717, 1.165) is 18.2 Å². The van der Waals surface area contributed by atoms with Crippen molar-refractivity contribution >= 4 is 5.97 Å². The van der Waals surface area contributed by atoms with Gasteiger partial charge in [-0.25, -0.2) is 4.39 Å². The monoisotopic (exact) mass is 264 g/mol. The van der Waals surface area contributed by atoms with Crippen LogP contribution >= 0.6 is 0 Å². The number of rotatable bonds is 1. The fraction of sp³-hybridized carbons (Fsp3) is 0.364. The van der Waals surface area contributed by atoms with E-state index in [4.69, 9.17) is 5.11 Å². The van der Waals surface area contributed by atoms with E-state index in [9.17, 15) is 22.4 Å². The van der Waals surface area contributed by atoms with E-state index < -0.39 is 36.4 Å². The van der Waals surface area contributed by atoms with E-state index in [1.807, 2.05) is 0 Å². The number of fused-ring (bicyclic) bond motifs is 1. The molecule has 18 heavy (non-hydrogen) atoms. The summed E-state index contributed by atoms with van der Waals surface area (Å²) >= 11 is 0. The fourth-order valence-electron chi connectivity index (χ4n) is 1.90. The second-order valence-corrected chi connectivity index (χ2v) is 3.98. The Morgan fingerprint density at radius 2 is 2.06 bits per heavy atom. The van der Waals surface area contributed by atoms with E-state index in [-0.39, 0.29) is 11.3 Å². The predicted octanol–water partition coefficient (Wildman–Crippen LogP) is 2.39. The first kappa shape index (κ1) is 12.7. The third-order valence-electron chi connectivity index (χ3n) is 2.72. The Hall–Kier alpha value is -1.79. The molecule has 1 aromatic carbocycles. The lowest BCUT2D eigenvalue weighted by Crippen LogP contribution is -2.47. The van der Waals surface area contributed by atoms with Gasteiger partial charge < -0.3 is 9.84 Å². The highest BCUT2D eigenvalue weighted by Crippen LogP contribution is 2.38. The van der Waals surface area contributed by atoms with Gasteiger partial charge in [0, 0.05) is 0 Å². The highest BCUT2D eigenvalue weighted by Gasteiger charge is 2.52. The highest BCUT2D eigenvalue weighted by molar-refractivity contribution is 5.72. The van der Waals surface area contributed by atoms with E-state index in [2.05, 4.69) is 4.74 Å². The number of benzene rings is 1. The van der Waals surface area contributed by atoms with Crippen LogP contribution in [0.1, 0.15) is 5.56 Å². The van der Waals surface area contributed by atoms with Crippen LogP contribution in [0.3, 0.4) is 0 Å². The quantitative estimate of drug-likeness (QED) is 0.792. The Morgan fingerprint density at radius 3 is 2.61 bits per heavy atom. The summed E-state index contributed by atoms with van der Waals surface area (Å²) in [4.78, 5) is 10.8. The number of hydrogen-bond acceptors (Lipinski definition) is 2. The van der Waals surface area contributed by atoms with Crippen LogP contribution in [0.4, 0.5) is 17.6 Å². The summed E-state index contributed by atoms with van der Waals surface area (Å²) in [5.74, 6) is -4.16. The van der Waals surface area contributed by atoms with Crippen molar-refractivity contribution in [3.63, 3.8) is 0 Å². The molecule has 0 unspecified atom stereocenters. The van der Waals surface area contributed by atoms with Crippen molar-refractivity contribution in [3.05, 3.63) is 29.6 Å². The normalized spacial score (nSPS) is 23.1. The Balaban J connectivity index is 2.40. The largest absolute Gasteiger partial charge is 0.481 e. The molecule has 98 valence electrons. The molecule has 0 radical (unpaired) electrons. The van der Waals surface area contributed by atoms with Crippen LogP contribution < -0.4 is 4.74 Å². The van der Waals surface area contributed by atoms with E-state index >= 15 is 0 Å². The van der Waals surface area contributed by atoms with Crippen LogP contribution in [-0.2, 0) is 11.2 Å². The third-order valence-corrected chi connectivity index (χ3v) is 2.72. The SMILES string of the molecule is O=C(O)[C@H]1Cc2cc(F)ccc2O[C@H]1C(F)(F)F. The van der Waals surface area contributed by atoms with Gasteiger partial charge in [-0.3, -0.25) is 4.79 Å². The first-order chi connectivity index (χ1) is 8.29. The predicted molar refractivity (Wildman–Crippen MR) is 51.7 cm³/mol. The van der Waals surface area contributed by atoms with Crippen molar-refractivity contribution in [2.45, 2.75) is 18.7 Å². The molecule has 3 nitrogen and oxygen atoms in total. The molecule has 0 fully saturated rings. The van der Waals surface area contributed by atoms with Crippen LogP contribution in [0, 0.1) is 11.7 Å². The summed E-state index contributed by atoms with van der Waals surface area (Å²) in [7, 11) is 0. The van der Waals surface area contributed by atoms with Crippen LogP contribution in [-0.4, -0.2) is 23.4 Å². The summed E-state index contributed by atoms with van der Waals surface area (Å²) < 4.78 is 55.6. The molecule has 2 atom stereocenters. The molecular formula is C11H8F4O3. The van der Waals surface area contributed by atoms with E-state index in [0.29, 0.717) is 0 Å². The van der Waals surface area contributed by atoms with Crippen LogP contribution in [0.25, 0.3) is 0 Å². The number of hydrogen-bond donors (Lipinski definition) is 1. The average Bonchev–Trinajstić information content (AvgIpc) is 2.25. The minimum absolute atomic E-state index is 0.128. The topological polar surface area (TPSA) is 46.5 Å². The summed E-state index contributed by atoms with van der Waals surface area (Å²) in [6, 6.07) is 3.02. The molecule has 0 saturated heterocycles. The second-order valence-electron chi connectivity index (χ2n) is 3.98. The zero-order valence-electron chi connectivity index (χ0n) is 8.87. The second kappa shape index (κ2) is 4.15. The van der Waals surface area contributed by atoms with Gasteiger partial charge in [-0.15, -0.1) is 0 Å². The van der Waals surface area contributed by atoms with Gasteiger partial charge in [-0.2, -0.15) is 13.2 Å². The number of carboxylic acid groups (broad SMARTS) is 1. The molecule has 1 N–H and O–H groups in total. The Morgan fingerprint density at radius 1 is 1.39 bits per heavy atom. The minimum Gasteiger partial charge on any atom is -0.481 e. The molecule has 0 amide bonds. The van der Waals surface area contributed by atoms with Crippen molar-refractivity contribution in [1.29, 1.82) is 0 Å². The molecule has 1 aromatic rings. The maximum atomic E-state index is 12.9. The highest BCUT2D eigenvalue weighted by atomic mass is 19.4. The van der Waals surface area contributed by atoms with Crippen molar-refractivity contribution in [2.24, 2.45) is 5.92 Å². The summed E-state index contributed by atoms with van der Waals surface area (Å²) in [6.45, 7) is 0. The molecule has 1 aliphatic rings. The van der Waals surface area contributed by atoms with Crippen LogP contribution in [0.15, 0.2) is 18.2 Å². The van der Waals surface area contributed by atoms with Gasteiger partial charge in [-0.05, 0) is 30.2 Å². The van der Waals surface area contributed by atoms with E-state index in [1.165, 1.54) is 0 Å². The smallest absolute Gasteiger partial charge is 0.426 e. The Labute approximate surface area is 99.0 Å². The summed E-state index contributed by atoms with van der Waals surface area (Å²) in [5, 5.41) is 8.79. The number of carboxylic acids is 1. The lowest BCUT2D eigenvalue weighted by atomic mass is 9.90. The molecule has 0 saturated carbocycles. The number of alkyl halides is 3. The standard InChI is InChI=1S/C11H8F4O3/c12-6-1-2-8-5(3-6)4-7(10(16)17)9(18-8)11(13,14)15/h1-3,7,9H,4H2,(H,16,17)/t7-,9+/m0/s1. The zero-order valence-corrected chi connectivity index (χ0v) is 8.87. The van der Waals surface area contributed by atoms with Gasteiger partial charge in [0.05, 0.1) is 0 Å². The fourth-order valence-corrected chi connectivity index (χ4v) is 1.90. The molecule has 0 aromatic heterocycles. The number of halogens is 4. The third kappa shape index (κ3) is 2.25. The van der Waals surface area contributed by atoms with Gasteiger partial charge in [0.25, 0.3) is 0 Å². The van der Waals surface area contributed by atoms with E-state index in [1.54, 1.807) is 0 Å². The number of ether oxygens (including phenoxy) is 1. The molecule has 2 rings (SSSR count). The zero-order chi connectivity index (χ0) is 13.5. The summed E-state index contributed by atoms with van der Waals surface area (Å²) in [5.41, 5.74) is 0.128. The summed E-state index contributed by atoms with van der Waals surface area (Å²) in [6.07, 6.45) is -7.60. The number of aliphatic carboxylic acids is 1. The van der Waals surface area contributed by atoms with Crippen LogP contribution in [0.5, 0.6) is 5.75 Å². The van der Waals surface area contributed by atoms with Crippen molar-refractivity contribution in [3.8, 4) is 5.75 Å². The molecule has 0 aliphatic carbocycles. The van der Waals surface area contributed by atoms with Crippen molar-refractivity contribution in [2.75, 3.05) is 0 Å². The molecular weight excluding hydrogens is 256 g/mol. The molecule has 7 heteroatoms. The molecule has 1 heterocycles. The van der Waals surface area contributed by atoms with Crippen molar-refractivity contribution in [1.82, 2.24) is 0 Å². The van der Waals surface area contributed by atoms with Gasteiger partial charge in [0.1, 0.15) is 17.5 Å². The van der Waals surface area contributed by atoms with Crippen molar-refractivity contribution < 1.29 is 32.2 Å². The number of carbonyl (C=O) groups is 1. The maximum Gasteiger partial charge on any atom is 0.426 e. The van der Waals surface area contributed by atoms with Gasteiger partial charge in [0.2, 0.25) is 6.10 Å². The molecule has 0 spiro atoms. The minimum atomic E-state index is -4.78. The van der Waals surface area contributed by atoms with Gasteiger partial charge in [0.15, 0.2) is 0 Å². The molecule has 1 aliphatic heterocycles. The molecule has 0 bridgehead atoms.